The van der Waals surface area contributed by atoms with Crippen molar-refractivity contribution in [2.75, 3.05) is 11.9 Å². The smallest absolute Gasteiger partial charge is 0.422 e. The molecular weight excluding hydrogens is 377 g/mol. The highest BCUT2D eigenvalue weighted by atomic mass is 19.4. The van der Waals surface area contributed by atoms with Crippen LogP contribution in [-0.2, 0) is 11.3 Å². The lowest BCUT2D eigenvalue weighted by Crippen LogP contribution is -2.24. The van der Waals surface area contributed by atoms with Crippen molar-refractivity contribution < 1.29 is 27.5 Å². The Morgan fingerprint density at radius 2 is 1.93 bits per heavy atom. The number of nitrogens with one attached hydrogen (secondary N) is 2. The number of carbonyl (C=O) groups is 2. The molecular formula is C18H19F3N4O3. The third-order valence-electron chi connectivity index (χ3n) is 3.40. The molecule has 0 aliphatic heterocycles. The van der Waals surface area contributed by atoms with Crippen molar-refractivity contribution in [1.29, 1.82) is 0 Å². The van der Waals surface area contributed by atoms with E-state index in [0.717, 1.165) is 0 Å². The Kier molecular flexibility index (Phi) is 6.91. The summed E-state index contributed by atoms with van der Waals surface area (Å²) < 4.78 is 41.2. The number of anilines is 1. The van der Waals surface area contributed by atoms with E-state index >= 15 is 0 Å². The van der Waals surface area contributed by atoms with E-state index in [-0.39, 0.29) is 36.1 Å². The second-order valence-corrected chi connectivity index (χ2v) is 5.84. The summed E-state index contributed by atoms with van der Waals surface area (Å²) in [5.74, 6) is -0.601. The van der Waals surface area contributed by atoms with Gasteiger partial charge in [0.15, 0.2) is 6.61 Å². The number of alkyl halides is 3. The van der Waals surface area contributed by atoms with Crippen molar-refractivity contribution in [3.63, 3.8) is 0 Å². The molecule has 0 spiro atoms. The maximum atomic E-state index is 12.4. The van der Waals surface area contributed by atoms with Gasteiger partial charge in [-0.2, -0.15) is 13.2 Å². The van der Waals surface area contributed by atoms with Crippen LogP contribution in [0, 0.1) is 6.92 Å². The van der Waals surface area contributed by atoms with Crippen LogP contribution in [0.2, 0.25) is 0 Å². The third kappa shape index (κ3) is 6.86. The van der Waals surface area contributed by atoms with Crippen molar-refractivity contribution in [2.24, 2.45) is 0 Å². The Morgan fingerprint density at radius 1 is 1.18 bits per heavy atom. The highest BCUT2D eigenvalue weighted by Crippen LogP contribution is 2.17. The van der Waals surface area contributed by atoms with E-state index in [4.69, 9.17) is 0 Å². The van der Waals surface area contributed by atoms with E-state index in [1.807, 2.05) is 0 Å². The Morgan fingerprint density at radius 3 is 2.61 bits per heavy atom. The molecule has 2 aromatic heterocycles. The molecule has 2 amide bonds. The van der Waals surface area contributed by atoms with Crippen LogP contribution in [0.3, 0.4) is 0 Å². The van der Waals surface area contributed by atoms with Crippen molar-refractivity contribution in [3.8, 4) is 5.88 Å². The number of aromatic nitrogens is 2. The fraction of sp³-hybridized carbons (Fsp3) is 0.333. The summed E-state index contributed by atoms with van der Waals surface area (Å²) in [6.07, 6.45) is -4.19. The number of nitrogens with zero attached hydrogens (tertiary/aromatic N) is 2. The molecule has 0 aliphatic rings. The van der Waals surface area contributed by atoms with Gasteiger partial charge in [-0.3, -0.25) is 9.59 Å². The zero-order valence-corrected chi connectivity index (χ0v) is 15.3. The minimum absolute atomic E-state index is 0.0138. The minimum atomic E-state index is -4.46. The molecule has 10 heteroatoms. The standard InChI is InChI=1S/C18H19F3N4O3/c1-3-15(26)25-14-8-12(7-11(2)23-14)17(27)22-9-13-5-4-6-16(24-13)28-10-18(19,20)21/h4-8H,3,9-10H2,1-2H3,(H,22,27)(H,23,25,26). The molecule has 0 fully saturated rings. The summed E-state index contributed by atoms with van der Waals surface area (Å²) in [7, 11) is 0. The molecule has 2 aromatic rings. The van der Waals surface area contributed by atoms with Crippen LogP contribution in [0.4, 0.5) is 19.0 Å². The molecule has 0 radical (unpaired) electrons. The topological polar surface area (TPSA) is 93.2 Å². The number of hydrogen-bond donors (Lipinski definition) is 2. The van der Waals surface area contributed by atoms with Gasteiger partial charge in [-0.1, -0.05) is 13.0 Å². The lowest BCUT2D eigenvalue weighted by molar-refractivity contribution is -0.154. The second kappa shape index (κ2) is 9.16. The molecule has 2 N–H and O–H groups in total. The molecule has 0 aromatic carbocycles. The van der Waals surface area contributed by atoms with Gasteiger partial charge in [-0.15, -0.1) is 0 Å². The zero-order chi connectivity index (χ0) is 20.7. The number of carbonyl (C=O) groups excluding carboxylic acids is 2. The van der Waals surface area contributed by atoms with E-state index in [2.05, 4.69) is 25.3 Å². The molecule has 0 unspecified atom stereocenters. The molecule has 2 heterocycles. The average molecular weight is 396 g/mol. The molecule has 0 bridgehead atoms. The van der Waals surface area contributed by atoms with Crippen LogP contribution < -0.4 is 15.4 Å². The van der Waals surface area contributed by atoms with E-state index < -0.39 is 18.7 Å². The third-order valence-corrected chi connectivity index (χ3v) is 3.40. The number of ether oxygens (including phenoxy) is 1. The minimum Gasteiger partial charge on any atom is -0.468 e. The quantitative estimate of drug-likeness (QED) is 0.751. The zero-order valence-electron chi connectivity index (χ0n) is 15.3. The summed E-state index contributed by atoms with van der Waals surface area (Å²) in [5, 5.41) is 5.20. The first kappa shape index (κ1) is 21.1. The first-order valence-electron chi connectivity index (χ1n) is 8.38. The summed E-state index contributed by atoms with van der Waals surface area (Å²) in [6.45, 7) is 1.91. The van der Waals surface area contributed by atoms with Crippen molar-refractivity contribution in [2.45, 2.75) is 33.0 Å². The highest BCUT2D eigenvalue weighted by Gasteiger charge is 2.28. The van der Waals surface area contributed by atoms with E-state index in [1.54, 1.807) is 26.0 Å². The van der Waals surface area contributed by atoms with Gasteiger partial charge in [0, 0.05) is 23.7 Å². The summed E-state index contributed by atoms with van der Waals surface area (Å²) in [4.78, 5) is 31.9. The fourth-order valence-electron chi connectivity index (χ4n) is 2.16. The Balaban J connectivity index is 2.01. The Labute approximate surface area is 159 Å². The predicted molar refractivity (Wildman–Crippen MR) is 94.9 cm³/mol. The normalized spacial score (nSPS) is 11.0. The molecule has 0 atom stereocenters. The lowest BCUT2D eigenvalue weighted by Gasteiger charge is -2.10. The predicted octanol–water partition coefficient (Wildman–Crippen LogP) is 3.00. The van der Waals surface area contributed by atoms with Gasteiger partial charge in [-0.05, 0) is 25.1 Å². The molecule has 0 saturated carbocycles. The van der Waals surface area contributed by atoms with Crippen LogP contribution in [0.1, 0.15) is 35.1 Å². The van der Waals surface area contributed by atoms with Gasteiger partial charge in [0.05, 0.1) is 12.2 Å². The Hall–Kier alpha value is -3.17. The molecule has 7 nitrogen and oxygen atoms in total. The maximum Gasteiger partial charge on any atom is 0.422 e. The van der Waals surface area contributed by atoms with Crippen LogP contribution in [0.5, 0.6) is 5.88 Å². The van der Waals surface area contributed by atoms with Gasteiger partial charge in [0.2, 0.25) is 11.8 Å². The summed E-state index contributed by atoms with van der Waals surface area (Å²) in [6, 6.07) is 7.31. The highest BCUT2D eigenvalue weighted by molar-refractivity contribution is 5.96. The SMILES string of the molecule is CCC(=O)Nc1cc(C(=O)NCc2cccc(OCC(F)(F)F)n2)cc(C)n1. The monoisotopic (exact) mass is 396 g/mol. The molecule has 28 heavy (non-hydrogen) atoms. The summed E-state index contributed by atoms with van der Waals surface area (Å²) >= 11 is 0. The number of hydrogen-bond acceptors (Lipinski definition) is 5. The van der Waals surface area contributed by atoms with Crippen LogP contribution >= 0.6 is 0 Å². The van der Waals surface area contributed by atoms with Gasteiger partial charge < -0.3 is 15.4 Å². The van der Waals surface area contributed by atoms with E-state index in [9.17, 15) is 22.8 Å². The Bertz CT molecular complexity index is 856. The fourth-order valence-corrected chi connectivity index (χ4v) is 2.16. The van der Waals surface area contributed by atoms with Crippen molar-refractivity contribution in [3.05, 3.63) is 47.3 Å². The average Bonchev–Trinajstić information content (AvgIpc) is 2.63. The molecule has 150 valence electrons. The number of aryl methyl sites for hydroxylation is 1. The largest absolute Gasteiger partial charge is 0.468 e. The first-order valence-corrected chi connectivity index (χ1v) is 8.38. The van der Waals surface area contributed by atoms with Gasteiger partial charge in [-0.25, -0.2) is 9.97 Å². The van der Waals surface area contributed by atoms with Crippen molar-refractivity contribution in [1.82, 2.24) is 15.3 Å². The lowest BCUT2D eigenvalue weighted by atomic mass is 10.2. The molecule has 2 rings (SSSR count). The first-order chi connectivity index (χ1) is 13.2. The van der Waals surface area contributed by atoms with Crippen molar-refractivity contribution >= 4 is 17.6 Å². The van der Waals surface area contributed by atoms with Gasteiger partial charge >= 0.3 is 6.18 Å². The van der Waals surface area contributed by atoms with E-state index in [0.29, 0.717) is 11.4 Å². The van der Waals surface area contributed by atoms with Crippen LogP contribution in [0.15, 0.2) is 30.3 Å². The molecule has 0 saturated heterocycles. The van der Waals surface area contributed by atoms with Gasteiger partial charge in [0.1, 0.15) is 5.82 Å². The number of pyridine rings is 2. The van der Waals surface area contributed by atoms with Crippen LogP contribution in [-0.4, -0.2) is 34.6 Å². The maximum absolute atomic E-state index is 12.4. The number of rotatable bonds is 7. The number of amides is 2. The molecule has 0 aliphatic carbocycles. The van der Waals surface area contributed by atoms with E-state index in [1.165, 1.54) is 18.2 Å². The van der Waals surface area contributed by atoms with Crippen LogP contribution in [0.25, 0.3) is 0 Å². The number of halogens is 3. The van der Waals surface area contributed by atoms with Gasteiger partial charge in [0.25, 0.3) is 5.91 Å². The summed E-state index contributed by atoms with van der Waals surface area (Å²) in [5.41, 5.74) is 1.15. The second-order valence-electron chi connectivity index (χ2n) is 5.84.